The lowest BCUT2D eigenvalue weighted by Gasteiger charge is -2.13. The van der Waals surface area contributed by atoms with E-state index in [0.717, 1.165) is 44.2 Å². The Bertz CT molecular complexity index is 1900. The first-order chi connectivity index (χ1) is 18.1. The number of benzene rings is 4. The summed E-state index contributed by atoms with van der Waals surface area (Å²) in [6, 6.07) is 32.4. The summed E-state index contributed by atoms with van der Waals surface area (Å²) < 4.78 is 2.14. The summed E-state index contributed by atoms with van der Waals surface area (Å²) in [5.74, 6) is 1.88. The highest BCUT2D eigenvalue weighted by Gasteiger charge is 2.17. The zero-order valence-corrected chi connectivity index (χ0v) is 20.3. The van der Waals surface area contributed by atoms with Crippen molar-refractivity contribution in [1.82, 2.24) is 19.5 Å². The van der Waals surface area contributed by atoms with E-state index in [0.29, 0.717) is 28.6 Å². The van der Waals surface area contributed by atoms with E-state index in [1.807, 2.05) is 68.4 Å². The van der Waals surface area contributed by atoms with Gasteiger partial charge in [-0.15, -0.1) is 0 Å². The van der Waals surface area contributed by atoms with Gasteiger partial charge >= 0.3 is 0 Å². The lowest BCUT2D eigenvalue weighted by Crippen LogP contribution is -2.02. The molecule has 0 spiro atoms. The number of fused-ring (bicyclic) bond motifs is 3. The smallest absolute Gasteiger partial charge is 0.163 e. The monoisotopic (exact) mass is 476 g/mol. The molecule has 0 aliphatic rings. The van der Waals surface area contributed by atoms with Crippen molar-refractivity contribution in [3.8, 4) is 40.3 Å². The fraction of sp³-hybridized carbons (Fsp3) is 0.0645. The molecule has 0 amide bonds. The van der Waals surface area contributed by atoms with Crippen LogP contribution in [0.25, 0.3) is 50.0 Å². The van der Waals surface area contributed by atoms with Crippen LogP contribution in [0.15, 0.2) is 84.9 Å². The molecule has 4 aromatic carbocycles. The van der Waals surface area contributed by atoms with Crippen LogP contribution in [0.4, 0.5) is 0 Å². The predicted octanol–water partition coefficient (Wildman–Crippen LogP) is 6.66. The second-order valence-electron chi connectivity index (χ2n) is 8.87. The van der Waals surface area contributed by atoms with Crippen molar-refractivity contribution in [2.24, 2.45) is 0 Å². The van der Waals surface area contributed by atoms with Crippen molar-refractivity contribution in [3.05, 3.63) is 108 Å². The van der Waals surface area contributed by atoms with E-state index < -0.39 is 0 Å². The van der Waals surface area contributed by atoms with E-state index in [9.17, 15) is 10.5 Å². The Morgan fingerprint density at radius 1 is 0.622 bits per heavy atom. The Labute approximate surface area is 213 Å². The average molecular weight is 477 g/mol. The fourth-order valence-electron chi connectivity index (χ4n) is 4.84. The molecule has 0 aliphatic carbocycles. The number of aromatic nitrogens is 4. The summed E-state index contributed by atoms with van der Waals surface area (Å²) in [7, 11) is 0. The molecule has 0 unspecified atom stereocenters. The quantitative estimate of drug-likeness (QED) is 0.285. The molecule has 174 valence electrons. The first-order valence-corrected chi connectivity index (χ1v) is 11.8. The summed E-state index contributed by atoms with van der Waals surface area (Å²) in [6.07, 6.45) is 0. The van der Waals surface area contributed by atoms with Gasteiger partial charge in [0.2, 0.25) is 0 Å². The Hall–Kier alpha value is -5.33. The standard InChI is InChI=1S/C31H20N6/c1-19-34-20(2)36-31(35-19)24-11-12-25(18-33)29(16-24)37-28-6-4-3-5-26(28)27-14-13-23(15-30(27)37)22-9-7-21(17-32)8-10-22/h3-16H,1-2H3. The zero-order chi connectivity index (χ0) is 25.5. The first kappa shape index (κ1) is 22.2. The molecule has 37 heavy (non-hydrogen) atoms. The van der Waals surface area contributed by atoms with Crippen LogP contribution in [0.1, 0.15) is 22.8 Å². The van der Waals surface area contributed by atoms with Crippen molar-refractivity contribution >= 4 is 21.8 Å². The number of nitrogens with zero attached hydrogens (tertiary/aromatic N) is 6. The van der Waals surface area contributed by atoms with Gasteiger partial charge in [-0.1, -0.05) is 42.5 Å². The minimum atomic E-state index is 0.553. The van der Waals surface area contributed by atoms with Crippen LogP contribution in [-0.4, -0.2) is 19.5 Å². The number of nitriles is 2. The number of para-hydroxylation sites is 1. The van der Waals surface area contributed by atoms with E-state index in [1.165, 1.54) is 0 Å². The zero-order valence-electron chi connectivity index (χ0n) is 20.3. The molecule has 6 rings (SSSR count). The third-order valence-corrected chi connectivity index (χ3v) is 6.50. The van der Waals surface area contributed by atoms with E-state index >= 15 is 0 Å². The van der Waals surface area contributed by atoms with Gasteiger partial charge in [0, 0.05) is 16.3 Å². The summed E-state index contributed by atoms with van der Waals surface area (Å²) in [5.41, 5.74) is 6.79. The molecule has 0 N–H and O–H groups in total. The Balaban J connectivity index is 1.64. The van der Waals surface area contributed by atoms with Crippen molar-refractivity contribution in [2.75, 3.05) is 0 Å². The highest BCUT2D eigenvalue weighted by Crippen LogP contribution is 2.36. The SMILES string of the molecule is Cc1nc(C)nc(-c2ccc(C#N)c(-n3c4ccccc4c4ccc(-c5ccc(C#N)cc5)cc43)c2)n1. The topological polar surface area (TPSA) is 91.2 Å². The van der Waals surface area contributed by atoms with Gasteiger partial charge in [-0.2, -0.15) is 10.5 Å². The number of aryl methyl sites for hydroxylation is 2. The van der Waals surface area contributed by atoms with Crippen LogP contribution < -0.4 is 0 Å². The number of rotatable bonds is 3. The van der Waals surface area contributed by atoms with E-state index in [4.69, 9.17) is 0 Å². The molecule has 6 nitrogen and oxygen atoms in total. The summed E-state index contributed by atoms with van der Waals surface area (Å²) in [6.45, 7) is 3.70. The second kappa shape index (κ2) is 8.71. The minimum absolute atomic E-state index is 0.553. The van der Waals surface area contributed by atoms with Crippen LogP contribution in [-0.2, 0) is 0 Å². The molecule has 0 bridgehead atoms. The maximum atomic E-state index is 10.1. The largest absolute Gasteiger partial charge is 0.308 e. The van der Waals surface area contributed by atoms with Crippen LogP contribution in [0.2, 0.25) is 0 Å². The van der Waals surface area contributed by atoms with E-state index in [1.54, 1.807) is 0 Å². The van der Waals surface area contributed by atoms with Gasteiger partial charge in [0.05, 0.1) is 33.9 Å². The summed E-state index contributed by atoms with van der Waals surface area (Å²) in [5, 5.41) is 21.4. The van der Waals surface area contributed by atoms with Crippen LogP contribution in [0.5, 0.6) is 0 Å². The molecule has 0 saturated carbocycles. The molecule has 2 heterocycles. The third kappa shape index (κ3) is 3.78. The third-order valence-electron chi connectivity index (χ3n) is 6.50. The van der Waals surface area contributed by atoms with Crippen LogP contribution >= 0.6 is 0 Å². The fourth-order valence-corrected chi connectivity index (χ4v) is 4.84. The lowest BCUT2D eigenvalue weighted by molar-refractivity contribution is 0.928. The molecule has 2 aromatic heterocycles. The minimum Gasteiger partial charge on any atom is -0.308 e. The molecule has 6 heteroatoms. The molecule has 0 aliphatic heterocycles. The molecule has 0 radical (unpaired) electrons. The highest BCUT2D eigenvalue weighted by atomic mass is 15.0. The maximum absolute atomic E-state index is 10.1. The predicted molar refractivity (Wildman–Crippen MR) is 144 cm³/mol. The Morgan fingerprint density at radius 2 is 1.30 bits per heavy atom. The molecule has 6 aromatic rings. The van der Waals surface area contributed by atoms with Crippen LogP contribution in [0.3, 0.4) is 0 Å². The van der Waals surface area contributed by atoms with Gasteiger partial charge in [0.15, 0.2) is 5.82 Å². The molecule has 0 fully saturated rings. The normalized spacial score (nSPS) is 10.9. The van der Waals surface area contributed by atoms with E-state index in [-0.39, 0.29) is 0 Å². The maximum Gasteiger partial charge on any atom is 0.163 e. The van der Waals surface area contributed by atoms with Gasteiger partial charge in [-0.3, -0.25) is 0 Å². The average Bonchev–Trinajstić information content (AvgIpc) is 3.25. The molecular formula is C31H20N6. The summed E-state index contributed by atoms with van der Waals surface area (Å²) in [4.78, 5) is 13.4. The van der Waals surface area contributed by atoms with Gasteiger partial charge in [0.1, 0.15) is 17.7 Å². The second-order valence-corrected chi connectivity index (χ2v) is 8.87. The Kier molecular flexibility index (Phi) is 5.22. The molecule has 0 saturated heterocycles. The first-order valence-electron chi connectivity index (χ1n) is 11.8. The van der Waals surface area contributed by atoms with Crippen molar-refractivity contribution < 1.29 is 0 Å². The van der Waals surface area contributed by atoms with Crippen LogP contribution in [0, 0.1) is 36.5 Å². The van der Waals surface area contributed by atoms with Crippen molar-refractivity contribution in [3.63, 3.8) is 0 Å². The van der Waals surface area contributed by atoms with Gasteiger partial charge in [-0.05, 0) is 67.4 Å². The molecule has 0 atom stereocenters. The Morgan fingerprint density at radius 3 is 2.03 bits per heavy atom. The number of hydrogen-bond donors (Lipinski definition) is 0. The van der Waals surface area contributed by atoms with E-state index in [2.05, 4.69) is 62.0 Å². The highest BCUT2D eigenvalue weighted by molar-refractivity contribution is 6.10. The van der Waals surface area contributed by atoms with Gasteiger partial charge in [-0.25, -0.2) is 15.0 Å². The van der Waals surface area contributed by atoms with Gasteiger partial charge < -0.3 is 4.57 Å². The lowest BCUT2D eigenvalue weighted by atomic mass is 10.0. The van der Waals surface area contributed by atoms with Crippen molar-refractivity contribution in [1.29, 1.82) is 10.5 Å². The van der Waals surface area contributed by atoms with Gasteiger partial charge in [0.25, 0.3) is 0 Å². The summed E-state index contributed by atoms with van der Waals surface area (Å²) >= 11 is 0. The van der Waals surface area contributed by atoms with Crippen molar-refractivity contribution in [2.45, 2.75) is 13.8 Å². The number of hydrogen-bond acceptors (Lipinski definition) is 5. The molecular weight excluding hydrogens is 456 g/mol.